The van der Waals surface area contributed by atoms with E-state index in [1.165, 1.54) is 11.8 Å². The zero-order valence-electron chi connectivity index (χ0n) is 17.8. The predicted molar refractivity (Wildman–Crippen MR) is 124 cm³/mol. The topological polar surface area (TPSA) is 73.0 Å². The Bertz CT molecular complexity index is 1200. The van der Waals surface area contributed by atoms with Gasteiger partial charge in [-0.15, -0.1) is 10.2 Å². The Kier molecular flexibility index (Phi) is 5.81. The third kappa shape index (κ3) is 4.62. The van der Waals surface area contributed by atoms with Crippen LogP contribution >= 0.6 is 11.8 Å². The number of aromatic nitrogens is 3. The highest BCUT2D eigenvalue weighted by atomic mass is 32.2. The second-order valence-corrected chi connectivity index (χ2v) is 9.10. The first-order valence-corrected chi connectivity index (χ1v) is 11.6. The Morgan fingerprint density at radius 2 is 1.97 bits per heavy atom. The molecule has 2 heterocycles. The quantitative estimate of drug-likeness (QED) is 0.387. The van der Waals surface area contributed by atoms with Crippen molar-refractivity contribution >= 4 is 17.7 Å². The van der Waals surface area contributed by atoms with Crippen molar-refractivity contribution < 1.29 is 9.21 Å². The van der Waals surface area contributed by atoms with E-state index in [1.807, 2.05) is 59.2 Å². The number of hydrogen-bond acceptors (Lipinski definition) is 5. The molecule has 4 aromatic rings. The van der Waals surface area contributed by atoms with E-state index in [0.717, 1.165) is 41.1 Å². The molecule has 6 nitrogen and oxygen atoms in total. The number of nitrogens with one attached hydrogen (secondary N) is 1. The molecule has 0 bridgehead atoms. The van der Waals surface area contributed by atoms with Crippen molar-refractivity contribution in [3.8, 4) is 11.4 Å². The lowest BCUT2D eigenvalue weighted by atomic mass is 10.1. The fourth-order valence-electron chi connectivity index (χ4n) is 3.59. The third-order valence-electron chi connectivity index (χ3n) is 5.37. The summed E-state index contributed by atoms with van der Waals surface area (Å²) in [6.07, 6.45) is 3.75. The number of carbonyl (C=O) groups excluding carboxylic acids is 1. The van der Waals surface area contributed by atoms with Crippen LogP contribution in [0.1, 0.15) is 35.0 Å². The highest BCUT2D eigenvalue weighted by Crippen LogP contribution is 2.37. The fourth-order valence-corrected chi connectivity index (χ4v) is 4.63. The van der Waals surface area contributed by atoms with Crippen LogP contribution in [0.3, 0.4) is 0 Å². The molecule has 2 aromatic heterocycles. The summed E-state index contributed by atoms with van der Waals surface area (Å²) in [6.45, 7) is 2.54. The number of rotatable bonds is 8. The molecule has 1 amide bonds. The lowest BCUT2D eigenvalue weighted by Crippen LogP contribution is -2.30. The summed E-state index contributed by atoms with van der Waals surface area (Å²) in [6, 6.07) is 22.1. The van der Waals surface area contributed by atoms with Gasteiger partial charge in [-0.25, -0.2) is 0 Å². The maximum absolute atomic E-state index is 13.1. The molecular formula is C25H24N4O2S. The Labute approximate surface area is 191 Å². The Morgan fingerprint density at radius 1 is 1.12 bits per heavy atom. The van der Waals surface area contributed by atoms with Crippen LogP contribution in [0, 0.1) is 6.92 Å². The summed E-state index contributed by atoms with van der Waals surface area (Å²) < 4.78 is 7.64. The summed E-state index contributed by atoms with van der Waals surface area (Å²) >= 11 is 1.42. The van der Waals surface area contributed by atoms with E-state index in [-0.39, 0.29) is 11.9 Å². The van der Waals surface area contributed by atoms with Gasteiger partial charge >= 0.3 is 0 Å². The van der Waals surface area contributed by atoms with Gasteiger partial charge in [-0.3, -0.25) is 9.36 Å². The molecule has 1 aliphatic carbocycles. The van der Waals surface area contributed by atoms with Crippen LogP contribution in [0.25, 0.3) is 11.4 Å². The van der Waals surface area contributed by atoms with E-state index >= 15 is 0 Å². The van der Waals surface area contributed by atoms with Gasteiger partial charge in [-0.1, -0.05) is 65.9 Å². The first-order valence-electron chi connectivity index (χ1n) is 10.7. The number of hydrogen-bond donors (Lipinski definition) is 1. The Balaban J connectivity index is 1.52. The predicted octanol–water partition coefficient (Wildman–Crippen LogP) is 5.01. The molecule has 162 valence electrons. The molecule has 0 radical (unpaired) electrons. The Morgan fingerprint density at radius 3 is 2.69 bits per heavy atom. The van der Waals surface area contributed by atoms with Crippen molar-refractivity contribution in [2.24, 2.45) is 0 Å². The van der Waals surface area contributed by atoms with Gasteiger partial charge in [-0.2, -0.15) is 0 Å². The molecule has 1 aliphatic rings. The van der Waals surface area contributed by atoms with Crippen LogP contribution < -0.4 is 5.32 Å². The third-order valence-corrected chi connectivity index (χ3v) is 6.61. The molecule has 7 heteroatoms. The van der Waals surface area contributed by atoms with Crippen LogP contribution in [0.4, 0.5) is 0 Å². The molecule has 1 N–H and O–H groups in total. The van der Waals surface area contributed by atoms with Gasteiger partial charge in [0.15, 0.2) is 11.0 Å². The van der Waals surface area contributed by atoms with Crippen molar-refractivity contribution in [2.75, 3.05) is 0 Å². The van der Waals surface area contributed by atoms with Gasteiger partial charge in [0.05, 0.1) is 12.8 Å². The molecule has 1 saturated carbocycles. The number of amides is 1. The molecule has 2 aromatic carbocycles. The highest BCUT2D eigenvalue weighted by Gasteiger charge is 2.31. The maximum Gasteiger partial charge on any atom is 0.238 e. The molecule has 1 unspecified atom stereocenters. The molecule has 1 atom stereocenters. The van der Waals surface area contributed by atoms with Crippen molar-refractivity contribution in [1.82, 2.24) is 20.1 Å². The van der Waals surface area contributed by atoms with Gasteiger partial charge in [-0.05, 0) is 43.5 Å². The molecule has 0 spiro atoms. The monoisotopic (exact) mass is 444 g/mol. The van der Waals surface area contributed by atoms with Crippen molar-refractivity contribution in [2.45, 2.75) is 42.8 Å². The average molecular weight is 445 g/mol. The van der Waals surface area contributed by atoms with E-state index in [4.69, 9.17) is 4.42 Å². The molecule has 32 heavy (non-hydrogen) atoms. The molecule has 0 aliphatic heterocycles. The van der Waals surface area contributed by atoms with Gasteiger partial charge in [0.1, 0.15) is 11.0 Å². The number of thioether (sulfide) groups is 1. The summed E-state index contributed by atoms with van der Waals surface area (Å²) in [5.74, 6) is 1.56. The standard InChI is InChI=1S/C25H24N4O2S/c1-17-7-5-10-19(15-17)23-27-28-25(29(23)16-21-11-6-14-31-21)32-22(18-8-3-2-4-9-18)24(30)26-20-12-13-20/h2-11,14-15,20,22H,12-13,16H2,1H3,(H,26,30). The van der Waals surface area contributed by atoms with Crippen LogP contribution in [0.15, 0.2) is 82.6 Å². The normalized spacial score (nSPS) is 14.3. The first kappa shape index (κ1) is 20.6. The summed E-state index contributed by atoms with van der Waals surface area (Å²) in [5.41, 5.74) is 3.07. The number of furan rings is 1. The van der Waals surface area contributed by atoms with E-state index in [2.05, 4.69) is 34.6 Å². The summed E-state index contributed by atoms with van der Waals surface area (Å²) in [5, 5.41) is 12.4. The zero-order chi connectivity index (χ0) is 21.9. The van der Waals surface area contributed by atoms with Gasteiger partial charge < -0.3 is 9.73 Å². The lowest BCUT2D eigenvalue weighted by molar-refractivity contribution is -0.120. The minimum Gasteiger partial charge on any atom is -0.467 e. The largest absolute Gasteiger partial charge is 0.467 e. The van der Waals surface area contributed by atoms with Crippen molar-refractivity contribution in [3.63, 3.8) is 0 Å². The van der Waals surface area contributed by atoms with Crippen molar-refractivity contribution in [3.05, 3.63) is 89.9 Å². The number of nitrogens with zero attached hydrogens (tertiary/aromatic N) is 3. The minimum atomic E-state index is -0.415. The average Bonchev–Trinajstić information content (AvgIpc) is 3.30. The van der Waals surface area contributed by atoms with Crippen LogP contribution in [0.2, 0.25) is 0 Å². The second-order valence-electron chi connectivity index (χ2n) is 8.03. The van der Waals surface area contributed by atoms with Crippen LogP contribution in [-0.4, -0.2) is 26.7 Å². The number of carbonyl (C=O) groups is 1. The zero-order valence-corrected chi connectivity index (χ0v) is 18.6. The summed E-state index contributed by atoms with van der Waals surface area (Å²) in [4.78, 5) is 13.1. The lowest BCUT2D eigenvalue weighted by Gasteiger charge is -2.17. The second kappa shape index (κ2) is 9.04. The van der Waals surface area contributed by atoms with E-state index in [1.54, 1.807) is 6.26 Å². The highest BCUT2D eigenvalue weighted by molar-refractivity contribution is 8.00. The minimum absolute atomic E-state index is 0.00774. The van der Waals surface area contributed by atoms with Crippen LogP contribution in [-0.2, 0) is 11.3 Å². The van der Waals surface area contributed by atoms with E-state index in [0.29, 0.717) is 11.7 Å². The molecule has 5 rings (SSSR count). The maximum atomic E-state index is 13.1. The van der Waals surface area contributed by atoms with Crippen molar-refractivity contribution in [1.29, 1.82) is 0 Å². The SMILES string of the molecule is Cc1cccc(-c2nnc(SC(C(=O)NC3CC3)c3ccccc3)n2Cc2ccco2)c1. The van der Waals surface area contributed by atoms with E-state index < -0.39 is 5.25 Å². The smallest absolute Gasteiger partial charge is 0.238 e. The fraction of sp³-hybridized carbons (Fsp3) is 0.240. The van der Waals surface area contributed by atoms with Crippen LogP contribution in [0.5, 0.6) is 0 Å². The molecule has 1 fully saturated rings. The van der Waals surface area contributed by atoms with Gasteiger partial charge in [0.25, 0.3) is 0 Å². The van der Waals surface area contributed by atoms with Gasteiger partial charge in [0.2, 0.25) is 5.91 Å². The number of aryl methyl sites for hydroxylation is 1. The Hall–Kier alpha value is -3.32. The molecular weight excluding hydrogens is 420 g/mol. The molecule has 0 saturated heterocycles. The first-order chi connectivity index (χ1) is 15.7. The van der Waals surface area contributed by atoms with Gasteiger partial charge in [0, 0.05) is 11.6 Å². The summed E-state index contributed by atoms with van der Waals surface area (Å²) in [7, 11) is 0. The number of benzene rings is 2. The van der Waals surface area contributed by atoms with E-state index in [9.17, 15) is 4.79 Å².